The van der Waals surface area contributed by atoms with Gasteiger partial charge < -0.3 is 19.5 Å². The van der Waals surface area contributed by atoms with Crippen LogP contribution in [-0.2, 0) is 14.2 Å². The fourth-order valence-corrected chi connectivity index (χ4v) is 3.52. The molecule has 1 N–H and O–H groups in total. The lowest BCUT2D eigenvalue weighted by atomic mass is 10.1. The summed E-state index contributed by atoms with van der Waals surface area (Å²) in [6, 6.07) is 4.97. The van der Waals surface area contributed by atoms with E-state index in [1.807, 2.05) is 0 Å². The van der Waals surface area contributed by atoms with Gasteiger partial charge in [0, 0.05) is 24.8 Å². The molecule has 0 aliphatic carbocycles. The van der Waals surface area contributed by atoms with E-state index in [1.54, 1.807) is 13.8 Å². The number of esters is 2. The third kappa shape index (κ3) is 5.39. The van der Waals surface area contributed by atoms with E-state index in [1.165, 1.54) is 31.4 Å². The van der Waals surface area contributed by atoms with Gasteiger partial charge >= 0.3 is 11.9 Å². The van der Waals surface area contributed by atoms with E-state index in [4.69, 9.17) is 14.2 Å². The number of thiophene rings is 1. The van der Waals surface area contributed by atoms with Gasteiger partial charge in [-0.1, -0.05) is 0 Å². The van der Waals surface area contributed by atoms with Crippen LogP contribution < -0.4 is 5.32 Å². The average Bonchev–Trinajstić information content (AvgIpc) is 3.04. The quantitative estimate of drug-likeness (QED) is 0.274. The second-order valence-electron chi connectivity index (χ2n) is 5.87. The number of carbonyl (C=O) groups excluding carboxylic acids is 3. The van der Waals surface area contributed by atoms with Crippen LogP contribution in [0, 0.1) is 17.0 Å². The van der Waals surface area contributed by atoms with Crippen molar-refractivity contribution in [3.8, 4) is 0 Å². The molecule has 0 aliphatic rings. The molecule has 0 atom stereocenters. The Morgan fingerprint density at radius 2 is 1.77 bits per heavy atom. The molecular weight excluding hydrogens is 416 g/mol. The zero-order chi connectivity index (χ0) is 22.3. The number of rotatable bonds is 9. The minimum atomic E-state index is -0.693. The number of anilines is 1. The molecule has 1 heterocycles. The lowest BCUT2D eigenvalue weighted by molar-refractivity contribution is -0.384. The first-order chi connectivity index (χ1) is 14.3. The van der Waals surface area contributed by atoms with Crippen molar-refractivity contribution in [2.45, 2.75) is 13.8 Å². The number of nitro groups is 1. The van der Waals surface area contributed by atoms with E-state index in [0.29, 0.717) is 5.56 Å². The fraction of sp³-hybridized carbons (Fsp3) is 0.316. The van der Waals surface area contributed by atoms with Crippen molar-refractivity contribution in [2.24, 2.45) is 0 Å². The Morgan fingerprint density at radius 3 is 2.33 bits per heavy atom. The van der Waals surface area contributed by atoms with E-state index in [0.717, 1.165) is 11.3 Å². The molecule has 0 radical (unpaired) electrons. The Hall–Kier alpha value is -3.31. The number of benzene rings is 1. The largest absolute Gasteiger partial charge is 0.462 e. The van der Waals surface area contributed by atoms with Crippen LogP contribution in [0.1, 0.15) is 42.9 Å². The summed E-state index contributed by atoms with van der Waals surface area (Å²) in [5, 5.41) is 13.4. The Labute approximate surface area is 175 Å². The molecule has 0 aliphatic heterocycles. The zero-order valence-corrected chi connectivity index (χ0v) is 17.4. The summed E-state index contributed by atoms with van der Waals surface area (Å²) < 4.78 is 15.0. The van der Waals surface area contributed by atoms with Gasteiger partial charge in [0.25, 0.3) is 11.6 Å². The second kappa shape index (κ2) is 10.5. The van der Waals surface area contributed by atoms with E-state index in [2.05, 4.69) is 5.32 Å². The smallest absolute Gasteiger partial charge is 0.348 e. The Bertz CT molecular complexity index is 952. The number of methoxy groups -OCH3 is 1. The van der Waals surface area contributed by atoms with E-state index >= 15 is 0 Å². The number of non-ortho nitro benzene ring substituents is 1. The molecule has 160 valence electrons. The highest BCUT2D eigenvalue weighted by Crippen LogP contribution is 2.34. The first-order valence-electron chi connectivity index (χ1n) is 8.82. The van der Waals surface area contributed by atoms with Gasteiger partial charge in [0.1, 0.15) is 16.5 Å². The summed E-state index contributed by atoms with van der Waals surface area (Å²) >= 11 is 0.881. The third-order valence-corrected chi connectivity index (χ3v) is 5.09. The maximum absolute atomic E-state index is 12.6. The van der Waals surface area contributed by atoms with Crippen molar-refractivity contribution >= 4 is 39.9 Å². The lowest BCUT2D eigenvalue weighted by Crippen LogP contribution is -2.15. The van der Waals surface area contributed by atoms with Crippen molar-refractivity contribution < 1.29 is 33.5 Å². The van der Waals surface area contributed by atoms with Crippen molar-refractivity contribution in [3.05, 3.63) is 55.9 Å². The van der Waals surface area contributed by atoms with Crippen LogP contribution in [0.5, 0.6) is 0 Å². The van der Waals surface area contributed by atoms with Crippen LogP contribution in [0.3, 0.4) is 0 Å². The highest BCUT2D eigenvalue weighted by atomic mass is 32.1. The van der Waals surface area contributed by atoms with Crippen molar-refractivity contribution in [1.82, 2.24) is 0 Å². The SMILES string of the molecule is CCOC(=O)c1c(NC(=O)c2ccc([N+](=O)[O-])cc2)sc(C(=O)OCCOC)c1C. The number of hydrogen-bond donors (Lipinski definition) is 1. The van der Waals surface area contributed by atoms with Gasteiger partial charge in [0.15, 0.2) is 0 Å². The van der Waals surface area contributed by atoms with E-state index in [-0.39, 0.29) is 46.5 Å². The number of nitrogens with one attached hydrogen (secondary N) is 1. The second-order valence-corrected chi connectivity index (χ2v) is 6.89. The summed E-state index contributed by atoms with van der Waals surface area (Å²) in [6.45, 7) is 3.54. The molecule has 10 nitrogen and oxygen atoms in total. The van der Waals surface area contributed by atoms with Gasteiger partial charge in [-0.25, -0.2) is 9.59 Å². The summed E-state index contributed by atoms with van der Waals surface area (Å²) in [5.41, 5.74) is 0.355. The van der Waals surface area contributed by atoms with Gasteiger partial charge in [-0.2, -0.15) is 0 Å². The van der Waals surface area contributed by atoms with Gasteiger partial charge in [0.05, 0.1) is 23.7 Å². The van der Waals surface area contributed by atoms with E-state index in [9.17, 15) is 24.5 Å². The first kappa shape index (κ1) is 23.0. The monoisotopic (exact) mass is 436 g/mol. The number of amides is 1. The number of nitro benzene ring substituents is 1. The Balaban J connectivity index is 2.33. The molecule has 0 spiro atoms. The van der Waals surface area contributed by atoms with Crippen LogP contribution in [-0.4, -0.2) is 49.7 Å². The predicted octanol–water partition coefficient (Wildman–Crippen LogP) is 3.20. The maximum Gasteiger partial charge on any atom is 0.348 e. The fourth-order valence-electron chi connectivity index (χ4n) is 2.44. The topological polar surface area (TPSA) is 134 Å². The molecule has 1 amide bonds. The van der Waals surface area contributed by atoms with Crippen LogP contribution in [0.15, 0.2) is 24.3 Å². The minimum absolute atomic E-state index is 0.0336. The van der Waals surface area contributed by atoms with Crippen LogP contribution in [0.4, 0.5) is 10.7 Å². The molecule has 1 aromatic heterocycles. The molecule has 0 unspecified atom stereocenters. The highest BCUT2D eigenvalue weighted by molar-refractivity contribution is 7.18. The van der Waals surface area contributed by atoms with Crippen LogP contribution in [0.2, 0.25) is 0 Å². The third-order valence-electron chi connectivity index (χ3n) is 3.90. The summed E-state index contributed by atoms with van der Waals surface area (Å²) in [4.78, 5) is 47.6. The molecular formula is C19H20N2O8S. The summed E-state index contributed by atoms with van der Waals surface area (Å²) in [6.07, 6.45) is 0. The van der Waals surface area contributed by atoms with Crippen LogP contribution >= 0.6 is 11.3 Å². The standard InChI is InChI=1S/C19H20N2O8S/c1-4-28-18(23)14-11(2)15(19(24)29-10-9-27-3)30-17(14)20-16(22)12-5-7-13(8-6-12)21(25)26/h5-8H,4,9-10H2,1-3H3,(H,20,22). The normalized spacial score (nSPS) is 10.4. The van der Waals surface area contributed by atoms with Crippen molar-refractivity contribution in [3.63, 3.8) is 0 Å². The Morgan fingerprint density at radius 1 is 1.10 bits per heavy atom. The molecule has 0 saturated heterocycles. The summed E-state index contributed by atoms with van der Waals surface area (Å²) in [5.74, 6) is -1.95. The molecule has 11 heteroatoms. The highest BCUT2D eigenvalue weighted by Gasteiger charge is 2.27. The lowest BCUT2D eigenvalue weighted by Gasteiger charge is -2.07. The predicted molar refractivity (Wildman–Crippen MR) is 108 cm³/mol. The van der Waals surface area contributed by atoms with E-state index < -0.39 is 22.8 Å². The van der Waals surface area contributed by atoms with Gasteiger partial charge in [-0.15, -0.1) is 11.3 Å². The van der Waals surface area contributed by atoms with Gasteiger partial charge in [-0.3, -0.25) is 14.9 Å². The van der Waals surface area contributed by atoms with Gasteiger partial charge in [-0.05, 0) is 31.5 Å². The first-order valence-corrected chi connectivity index (χ1v) is 9.64. The molecule has 0 saturated carbocycles. The minimum Gasteiger partial charge on any atom is -0.462 e. The van der Waals surface area contributed by atoms with Crippen molar-refractivity contribution in [1.29, 1.82) is 0 Å². The van der Waals surface area contributed by atoms with Crippen molar-refractivity contribution in [2.75, 3.05) is 32.2 Å². The summed E-state index contributed by atoms with van der Waals surface area (Å²) in [7, 11) is 1.47. The number of hydrogen-bond acceptors (Lipinski definition) is 9. The number of carbonyl (C=O) groups is 3. The number of nitrogens with zero attached hydrogens (tertiary/aromatic N) is 1. The van der Waals surface area contributed by atoms with Crippen LogP contribution in [0.25, 0.3) is 0 Å². The average molecular weight is 436 g/mol. The molecule has 0 bridgehead atoms. The molecule has 1 aromatic carbocycles. The molecule has 2 rings (SSSR count). The molecule has 2 aromatic rings. The number of ether oxygens (including phenoxy) is 3. The zero-order valence-electron chi connectivity index (χ0n) is 16.6. The maximum atomic E-state index is 12.6. The molecule has 0 fully saturated rings. The Kier molecular flexibility index (Phi) is 8.01. The molecule has 30 heavy (non-hydrogen) atoms. The van der Waals surface area contributed by atoms with Gasteiger partial charge in [0.2, 0.25) is 0 Å².